The van der Waals surface area contributed by atoms with Crippen LogP contribution in [0.3, 0.4) is 0 Å². The van der Waals surface area contributed by atoms with Crippen LogP contribution >= 0.6 is 15.9 Å². The second-order valence-electron chi connectivity index (χ2n) is 4.08. The van der Waals surface area contributed by atoms with Gasteiger partial charge in [0.2, 0.25) is 0 Å². The number of anilines is 1. The van der Waals surface area contributed by atoms with E-state index in [2.05, 4.69) is 40.3 Å². The summed E-state index contributed by atoms with van der Waals surface area (Å²) >= 11 is 3.55. The van der Waals surface area contributed by atoms with Crippen LogP contribution in [0, 0.1) is 11.3 Å². The van der Waals surface area contributed by atoms with Crippen LogP contribution in [0.25, 0.3) is 0 Å². The number of nitrogens with zero attached hydrogens (tertiary/aromatic N) is 1. The Kier molecular flexibility index (Phi) is 4.01. The van der Waals surface area contributed by atoms with Gasteiger partial charge in [-0.05, 0) is 36.8 Å². The van der Waals surface area contributed by atoms with Crippen LogP contribution < -0.4 is 5.32 Å². The van der Waals surface area contributed by atoms with E-state index in [0.29, 0.717) is 5.56 Å². The number of rotatable bonds is 3. The van der Waals surface area contributed by atoms with Crippen molar-refractivity contribution in [2.45, 2.75) is 13.0 Å². The summed E-state index contributed by atoms with van der Waals surface area (Å²) in [7, 11) is 0. The first kappa shape index (κ1) is 12.7. The minimum atomic E-state index is 0.175. The maximum atomic E-state index is 8.87. The number of benzene rings is 2. The molecule has 1 unspecified atom stereocenters. The molecule has 90 valence electrons. The Bertz CT molecular complexity index is 587. The van der Waals surface area contributed by atoms with Crippen molar-refractivity contribution in [1.82, 2.24) is 0 Å². The third-order valence-electron chi connectivity index (χ3n) is 2.75. The van der Waals surface area contributed by atoms with Crippen LogP contribution in [0.1, 0.15) is 24.1 Å². The van der Waals surface area contributed by atoms with Crippen molar-refractivity contribution in [2.24, 2.45) is 0 Å². The van der Waals surface area contributed by atoms with Crippen molar-refractivity contribution in [3.8, 4) is 6.07 Å². The van der Waals surface area contributed by atoms with Crippen molar-refractivity contribution in [3.05, 3.63) is 64.1 Å². The fourth-order valence-electron chi connectivity index (χ4n) is 1.83. The van der Waals surface area contributed by atoms with E-state index in [1.54, 1.807) is 6.07 Å². The van der Waals surface area contributed by atoms with Crippen molar-refractivity contribution >= 4 is 21.6 Å². The van der Waals surface area contributed by atoms with Gasteiger partial charge >= 0.3 is 0 Å². The van der Waals surface area contributed by atoms with Gasteiger partial charge in [0.1, 0.15) is 0 Å². The van der Waals surface area contributed by atoms with Gasteiger partial charge in [0.05, 0.1) is 11.6 Å². The monoisotopic (exact) mass is 300 g/mol. The Morgan fingerprint density at radius 3 is 2.67 bits per heavy atom. The molecule has 2 aromatic rings. The predicted molar refractivity (Wildman–Crippen MR) is 77.3 cm³/mol. The van der Waals surface area contributed by atoms with Gasteiger partial charge in [-0.15, -0.1) is 0 Å². The lowest BCUT2D eigenvalue weighted by Gasteiger charge is -2.17. The summed E-state index contributed by atoms with van der Waals surface area (Å²) in [5.74, 6) is 0. The first-order valence-electron chi connectivity index (χ1n) is 5.72. The number of hydrogen-bond acceptors (Lipinski definition) is 2. The molecular weight excluding hydrogens is 288 g/mol. The van der Waals surface area contributed by atoms with Crippen LogP contribution in [0.4, 0.5) is 5.69 Å². The zero-order chi connectivity index (χ0) is 13.0. The molecule has 0 heterocycles. The summed E-state index contributed by atoms with van der Waals surface area (Å²) in [6.07, 6.45) is 0. The van der Waals surface area contributed by atoms with E-state index in [9.17, 15) is 0 Å². The quantitative estimate of drug-likeness (QED) is 0.906. The molecule has 0 saturated carbocycles. The molecule has 0 saturated heterocycles. The summed E-state index contributed by atoms with van der Waals surface area (Å²) in [5, 5.41) is 12.3. The Hall–Kier alpha value is -1.79. The van der Waals surface area contributed by atoms with Gasteiger partial charge in [-0.2, -0.15) is 5.26 Å². The lowest BCUT2D eigenvalue weighted by Crippen LogP contribution is -2.07. The zero-order valence-electron chi connectivity index (χ0n) is 10.0. The predicted octanol–water partition coefficient (Wildman–Crippen LogP) is 4.49. The molecule has 2 rings (SSSR count). The smallest absolute Gasteiger partial charge is 0.0992 e. The molecule has 0 aromatic heterocycles. The topological polar surface area (TPSA) is 35.8 Å². The second kappa shape index (κ2) is 5.70. The molecule has 2 aromatic carbocycles. The molecule has 0 amide bonds. The van der Waals surface area contributed by atoms with Crippen LogP contribution in [-0.2, 0) is 0 Å². The Morgan fingerprint density at radius 1 is 1.17 bits per heavy atom. The summed E-state index contributed by atoms with van der Waals surface area (Å²) < 4.78 is 1.08. The molecule has 0 fully saturated rings. The minimum Gasteiger partial charge on any atom is -0.378 e. The van der Waals surface area contributed by atoms with E-state index in [0.717, 1.165) is 10.2 Å². The molecule has 0 aliphatic carbocycles. The first-order valence-corrected chi connectivity index (χ1v) is 6.51. The van der Waals surface area contributed by atoms with Crippen LogP contribution in [0.5, 0.6) is 0 Å². The molecule has 1 N–H and O–H groups in total. The van der Waals surface area contributed by atoms with Crippen molar-refractivity contribution < 1.29 is 0 Å². The summed E-state index contributed by atoms with van der Waals surface area (Å²) in [6.45, 7) is 2.10. The van der Waals surface area contributed by atoms with Crippen LogP contribution in [0.2, 0.25) is 0 Å². The second-order valence-corrected chi connectivity index (χ2v) is 4.93. The lowest BCUT2D eigenvalue weighted by atomic mass is 10.1. The maximum absolute atomic E-state index is 8.87. The van der Waals surface area contributed by atoms with E-state index in [1.165, 1.54) is 5.56 Å². The standard InChI is InChI=1S/C15H13BrN2/c1-11(14-7-2-3-8-15(14)16)18-13-6-4-5-12(9-13)10-17/h2-9,11,18H,1H3. The Balaban J connectivity index is 2.19. The molecule has 18 heavy (non-hydrogen) atoms. The Labute approximate surface area is 115 Å². The molecule has 0 radical (unpaired) electrons. The van der Waals surface area contributed by atoms with E-state index in [1.807, 2.05) is 36.4 Å². The minimum absolute atomic E-state index is 0.175. The number of hydrogen-bond donors (Lipinski definition) is 1. The summed E-state index contributed by atoms with van der Waals surface area (Å²) in [5.41, 5.74) is 2.82. The highest BCUT2D eigenvalue weighted by atomic mass is 79.9. The molecule has 2 nitrogen and oxygen atoms in total. The van der Waals surface area contributed by atoms with Crippen molar-refractivity contribution in [2.75, 3.05) is 5.32 Å². The molecule has 3 heteroatoms. The summed E-state index contributed by atoms with van der Waals surface area (Å²) in [6, 6.07) is 17.9. The SMILES string of the molecule is CC(Nc1cccc(C#N)c1)c1ccccc1Br. The highest BCUT2D eigenvalue weighted by Crippen LogP contribution is 2.26. The average molecular weight is 301 g/mol. The highest BCUT2D eigenvalue weighted by Gasteiger charge is 2.08. The highest BCUT2D eigenvalue weighted by molar-refractivity contribution is 9.10. The summed E-state index contributed by atoms with van der Waals surface area (Å²) in [4.78, 5) is 0. The average Bonchev–Trinajstić information content (AvgIpc) is 2.39. The largest absolute Gasteiger partial charge is 0.378 e. The third-order valence-corrected chi connectivity index (χ3v) is 3.47. The first-order chi connectivity index (χ1) is 8.70. The van der Waals surface area contributed by atoms with Gasteiger partial charge in [-0.1, -0.05) is 40.2 Å². The van der Waals surface area contributed by atoms with E-state index in [4.69, 9.17) is 5.26 Å². The van der Waals surface area contributed by atoms with Crippen molar-refractivity contribution in [3.63, 3.8) is 0 Å². The molecule has 0 aliphatic rings. The molecular formula is C15H13BrN2. The fourth-order valence-corrected chi connectivity index (χ4v) is 2.46. The fraction of sp³-hybridized carbons (Fsp3) is 0.133. The van der Waals surface area contributed by atoms with Gasteiger partial charge in [0.15, 0.2) is 0 Å². The van der Waals surface area contributed by atoms with Gasteiger partial charge in [0, 0.05) is 16.2 Å². The normalized spacial score (nSPS) is 11.6. The van der Waals surface area contributed by atoms with E-state index >= 15 is 0 Å². The van der Waals surface area contributed by atoms with Gasteiger partial charge < -0.3 is 5.32 Å². The molecule has 1 atom stereocenters. The van der Waals surface area contributed by atoms with E-state index in [-0.39, 0.29) is 6.04 Å². The third kappa shape index (κ3) is 2.91. The zero-order valence-corrected chi connectivity index (χ0v) is 11.6. The molecule has 0 bridgehead atoms. The number of nitrogens with one attached hydrogen (secondary N) is 1. The van der Waals surface area contributed by atoms with Crippen molar-refractivity contribution in [1.29, 1.82) is 5.26 Å². The maximum Gasteiger partial charge on any atom is 0.0992 e. The van der Waals surface area contributed by atoms with Gasteiger partial charge in [0.25, 0.3) is 0 Å². The van der Waals surface area contributed by atoms with Gasteiger partial charge in [-0.3, -0.25) is 0 Å². The van der Waals surface area contributed by atoms with E-state index < -0.39 is 0 Å². The molecule has 0 aliphatic heterocycles. The molecule has 0 spiro atoms. The number of nitriles is 1. The number of halogens is 1. The van der Waals surface area contributed by atoms with Gasteiger partial charge in [-0.25, -0.2) is 0 Å². The Morgan fingerprint density at radius 2 is 1.94 bits per heavy atom. The van der Waals surface area contributed by atoms with Crippen LogP contribution in [-0.4, -0.2) is 0 Å². The lowest BCUT2D eigenvalue weighted by molar-refractivity contribution is 0.879. The van der Waals surface area contributed by atoms with Crippen LogP contribution in [0.15, 0.2) is 53.0 Å².